The van der Waals surface area contributed by atoms with Gasteiger partial charge in [-0.25, -0.2) is 0 Å². The number of aromatic amines is 1. The molecule has 0 amide bonds. The summed E-state index contributed by atoms with van der Waals surface area (Å²) in [6.45, 7) is 1.81. The Bertz CT molecular complexity index is 1400. The van der Waals surface area contributed by atoms with Crippen LogP contribution in [-0.2, 0) is 15.7 Å². The number of benzene rings is 2. The fourth-order valence-corrected chi connectivity index (χ4v) is 4.99. The highest BCUT2D eigenvalue weighted by molar-refractivity contribution is 7.17. The van der Waals surface area contributed by atoms with Crippen molar-refractivity contribution in [1.82, 2.24) is 15.2 Å². The molecule has 0 fully saturated rings. The van der Waals surface area contributed by atoms with Crippen molar-refractivity contribution in [2.45, 2.75) is 6.18 Å². The molecule has 196 valence electrons. The lowest BCUT2D eigenvalue weighted by molar-refractivity contribution is -0.137. The third-order valence-electron chi connectivity index (χ3n) is 5.62. The molecular formula is C25H24ClF3N4O3S. The monoisotopic (exact) mass is 552 g/mol. The van der Waals surface area contributed by atoms with E-state index in [-0.39, 0.29) is 16.5 Å². The minimum absolute atomic E-state index is 0.0271. The maximum Gasteiger partial charge on any atom is 0.417 e. The molecule has 2 aromatic carbocycles. The maximum atomic E-state index is 13.9. The molecule has 0 atom stereocenters. The molecular weight excluding hydrogens is 529 g/mol. The summed E-state index contributed by atoms with van der Waals surface area (Å²) in [6.07, 6.45) is -1.62. The van der Waals surface area contributed by atoms with Crippen LogP contribution in [0.3, 0.4) is 0 Å². The van der Waals surface area contributed by atoms with Crippen LogP contribution in [0.1, 0.15) is 21.6 Å². The van der Waals surface area contributed by atoms with Crippen molar-refractivity contribution in [2.75, 3.05) is 45.4 Å². The van der Waals surface area contributed by atoms with Crippen LogP contribution in [0.2, 0.25) is 5.02 Å². The summed E-state index contributed by atoms with van der Waals surface area (Å²) in [5.41, 5.74) is 0.751. The quantitative estimate of drug-likeness (QED) is 0.232. The van der Waals surface area contributed by atoms with Crippen molar-refractivity contribution < 1.29 is 27.8 Å². The first-order chi connectivity index (χ1) is 17.7. The molecule has 4 aromatic rings. The highest BCUT2D eigenvalue weighted by Crippen LogP contribution is 2.42. The normalized spacial score (nSPS) is 12.4. The average molecular weight is 553 g/mol. The topological polar surface area (TPSA) is 83.5 Å². The van der Waals surface area contributed by atoms with Crippen LogP contribution >= 0.6 is 22.9 Å². The zero-order valence-electron chi connectivity index (χ0n) is 20.0. The largest absolute Gasteiger partial charge is 0.492 e. The Hall–Kier alpha value is -3.12. The first-order valence-electron chi connectivity index (χ1n) is 11.2. The lowest BCUT2D eigenvalue weighted by Gasteiger charge is -2.20. The number of rotatable bonds is 10. The molecule has 0 aliphatic heterocycles. The van der Waals surface area contributed by atoms with E-state index in [0.717, 1.165) is 17.0 Å². The van der Waals surface area contributed by atoms with E-state index in [2.05, 4.69) is 15.2 Å². The minimum Gasteiger partial charge on any atom is -0.492 e. The van der Waals surface area contributed by atoms with Crippen molar-refractivity contribution in [3.8, 4) is 5.88 Å². The number of fused-ring (bicyclic) bond motifs is 1. The summed E-state index contributed by atoms with van der Waals surface area (Å²) < 4.78 is 52.0. The fraction of sp³-hybridized carbons (Fsp3) is 0.280. The summed E-state index contributed by atoms with van der Waals surface area (Å²) in [5.74, 6) is -0.291. The fourth-order valence-electron chi connectivity index (χ4n) is 3.76. The zero-order valence-corrected chi connectivity index (χ0v) is 21.5. The molecule has 0 aliphatic rings. The van der Waals surface area contributed by atoms with Crippen molar-refractivity contribution in [1.29, 1.82) is 0 Å². The number of halogens is 4. The molecule has 2 heterocycles. The van der Waals surface area contributed by atoms with Crippen LogP contribution in [0, 0.1) is 0 Å². The third kappa shape index (κ3) is 6.24. The number of aromatic hydroxyl groups is 1. The van der Waals surface area contributed by atoms with E-state index in [1.807, 2.05) is 4.90 Å². The van der Waals surface area contributed by atoms with Gasteiger partial charge in [-0.2, -0.15) is 23.3 Å². The van der Waals surface area contributed by atoms with Crippen LogP contribution in [0.4, 0.5) is 18.3 Å². The van der Waals surface area contributed by atoms with E-state index in [1.165, 1.54) is 29.5 Å². The van der Waals surface area contributed by atoms with Gasteiger partial charge in [0.05, 0.1) is 30.5 Å². The predicted octanol–water partition coefficient (Wildman–Crippen LogP) is 6.09. The van der Waals surface area contributed by atoms with Crippen molar-refractivity contribution in [3.63, 3.8) is 0 Å². The van der Waals surface area contributed by atoms with Crippen LogP contribution in [0.25, 0.3) is 22.6 Å². The summed E-state index contributed by atoms with van der Waals surface area (Å²) in [4.78, 5) is 6.54. The molecule has 7 nitrogen and oxygen atoms in total. The van der Waals surface area contributed by atoms with Gasteiger partial charge >= 0.3 is 6.18 Å². The number of anilines is 1. The standard InChI is InChI=1S/C25H24ClF3N4O3S/c1-35-9-7-33(8-10-36-2)24-31-23(34)22(37-24)19(15-4-6-21-17(11-15)14-30-32-21)12-16-3-5-18(26)13-20(16)25(27,28)29/h3-6,11-14,34H,7-10H2,1-2H3,(H,30,32). The van der Waals surface area contributed by atoms with Gasteiger partial charge in [0.2, 0.25) is 5.88 Å². The van der Waals surface area contributed by atoms with E-state index in [9.17, 15) is 18.3 Å². The van der Waals surface area contributed by atoms with Crippen molar-refractivity contribution in [3.05, 3.63) is 69.2 Å². The zero-order chi connectivity index (χ0) is 26.6. The molecule has 0 unspecified atom stereocenters. The minimum atomic E-state index is -4.63. The number of nitrogens with zero attached hydrogens (tertiary/aromatic N) is 3. The van der Waals surface area contributed by atoms with Gasteiger partial charge in [-0.15, -0.1) is 0 Å². The smallest absolute Gasteiger partial charge is 0.417 e. The number of aromatic nitrogens is 3. The molecule has 37 heavy (non-hydrogen) atoms. The highest BCUT2D eigenvalue weighted by Gasteiger charge is 2.33. The summed E-state index contributed by atoms with van der Waals surface area (Å²) in [6, 6.07) is 8.92. The summed E-state index contributed by atoms with van der Waals surface area (Å²) >= 11 is 7.06. The number of ether oxygens (including phenoxy) is 2. The van der Waals surface area contributed by atoms with Gasteiger partial charge in [-0.3, -0.25) is 5.10 Å². The molecule has 0 aliphatic carbocycles. The Balaban J connectivity index is 1.88. The molecule has 0 bridgehead atoms. The first kappa shape index (κ1) is 26.9. The molecule has 0 saturated carbocycles. The SMILES string of the molecule is COCCN(CCOC)c1nc(O)c(C(=Cc2ccc(Cl)cc2C(F)(F)F)c2ccc3[nH]ncc3c2)s1. The average Bonchev–Trinajstić information content (AvgIpc) is 3.48. The van der Waals surface area contributed by atoms with Gasteiger partial charge in [0.1, 0.15) is 4.88 Å². The van der Waals surface area contributed by atoms with Gasteiger partial charge in [0.15, 0.2) is 5.13 Å². The van der Waals surface area contributed by atoms with Gasteiger partial charge in [-0.1, -0.05) is 35.1 Å². The molecule has 0 spiro atoms. The Morgan fingerprint density at radius 3 is 2.54 bits per heavy atom. The third-order valence-corrected chi connectivity index (χ3v) is 6.99. The number of alkyl halides is 3. The maximum absolute atomic E-state index is 13.9. The Morgan fingerprint density at radius 2 is 1.86 bits per heavy atom. The number of hydrogen-bond acceptors (Lipinski definition) is 7. The van der Waals surface area contributed by atoms with Crippen LogP contribution in [-0.4, -0.2) is 60.8 Å². The Labute approximate surface area is 220 Å². The molecule has 2 N–H and O–H groups in total. The van der Waals surface area contributed by atoms with Gasteiger partial charge in [0.25, 0.3) is 0 Å². The number of nitrogens with one attached hydrogen (secondary N) is 1. The molecule has 0 saturated heterocycles. The summed E-state index contributed by atoms with van der Waals surface area (Å²) in [5, 5.41) is 19.0. The van der Waals surface area contributed by atoms with E-state index < -0.39 is 11.7 Å². The number of thiazole rings is 1. The number of methoxy groups -OCH3 is 2. The first-order valence-corrected chi connectivity index (χ1v) is 12.4. The second kappa shape index (κ2) is 11.5. The van der Waals surface area contributed by atoms with Crippen molar-refractivity contribution >= 4 is 50.6 Å². The van der Waals surface area contributed by atoms with E-state index in [0.29, 0.717) is 47.4 Å². The van der Waals surface area contributed by atoms with E-state index in [4.69, 9.17) is 21.1 Å². The molecule has 2 aromatic heterocycles. The molecule has 4 rings (SSSR count). The highest BCUT2D eigenvalue weighted by atomic mass is 35.5. The Kier molecular flexibility index (Phi) is 8.38. The summed E-state index contributed by atoms with van der Waals surface area (Å²) in [7, 11) is 3.16. The lowest BCUT2D eigenvalue weighted by atomic mass is 9.98. The van der Waals surface area contributed by atoms with Gasteiger partial charge < -0.3 is 19.5 Å². The van der Waals surface area contributed by atoms with Crippen LogP contribution < -0.4 is 4.90 Å². The number of hydrogen-bond donors (Lipinski definition) is 2. The second-order valence-corrected chi connectivity index (χ2v) is 9.50. The molecule has 12 heteroatoms. The second-order valence-electron chi connectivity index (χ2n) is 8.08. The van der Waals surface area contributed by atoms with Gasteiger partial charge in [0, 0.05) is 43.3 Å². The Morgan fingerprint density at radius 1 is 1.14 bits per heavy atom. The molecule has 0 radical (unpaired) electrons. The van der Waals surface area contributed by atoms with Crippen molar-refractivity contribution in [2.24, 2.45) is 0 Å². The van der Waals surface area contributed by atoms with Gasteiger partial charge in [-0.05, 0) is 41.5 Å². The van der Waals surface area contributed by atoms with E-state index >= 15 is 0 Å². The van der Waals surface area contributed by atoms with Crippen LogP contribution in [0.15, 0.2) is 42.6 Å². The van der Waals surface area contributed by atoms with Crippen LogP contribution in [0.5, 0.6) is 5.88 Å². The van der Waals surface area contributed by atoms with E-state index in [1.54, 1.807) is 38.6 Å². The predicted molar refractivity (Wildman–Crippen MR) is 139 cm³/mol. The lowest BCUT2D eigenvalue weighted by Crippen LogP contribution is -2.30. The number of H-pyrrole nitrogens is 1.